The van der Waals surface area contributed by atoms with Crippen molar-refractivity contribution in [3.05, 3.63) is 93.9 Å². The van der Waals surface area contributed by atoms with E-state index in [0.717, 1.165) is 48.1 Å². The molecule has 10 heteroatoms. The number of halogens is 2. The standard InChI is InChI=1S/C23H17F2N2O3PS2/c24-23(25,31(28,29)30)15-11-9-14(10-12-15)13-16(21-26-17-5-1-3-7-19(17)32-21)22-27-18-6-2-4-8-20(18)33-22/h1-12,16H,13H2,(H2,28,29,30). The minimum absolute atomic E-state index is 0.187. The third-order valence-electron chi connectivity index (χ3n) is 5.32. The topological polar surface area (TPSA) is 83.3 Å². The van der Waals surface area contributed by atoms with Crippen LogP contribution < -0.4 is 0 Å². The maximum Gasteiger partial charge on any atom is 0.399 e. The van der Waals surface area contributed by atoms with E-state index in [1.165, 1.54) is 12.1 Å². The fourth-order valence-electron chi connectivity index (χ4n) is 3.60. The average Bonchev–Trinajstić information content (AvgIpc) is 3.41. The van der Waals surface area contributed by atoms with Gasteiger partial charge >= 0.3 is 13.3 Å². The lowest BCUT2D eigenvalue weighted by Gasteiger charge is -2.18. The Morgan fingerprint density at radius 1 is 0.818 bits per heavy atom. The molecule has 0 fully saturated rings. The first kappa shape index (κ1) is 22.3. The third kappa shape index (κ3) is 4.23. The van der Waals surface area contributed by atoms with E-state index in [1.807, 2.05) is 48.5 Å². The summed E-state index contributed by atoms with van der Waals surface area (Å²) < 4.78 is 41.4. The maximum absolute atomic E-state index is 14.0. The highest BCUT2D eigenvalue weighted by Crippen LogP contribution is 2.59. The first-order chi connectivity index (χ1) is 15.7. The van der Waals surface area contributed by atoms with Gasteiger partial charge in [-0.25, -0.2) is 9.97 Å². The molecule has 168 valence electrons. The predicted molar refractivity (Wildman–Crippen MR) is 127 cm³/mol. The summed E-state index contributed by atoms with van der Waals surface area (Å²) in [5.74, 6) is -0.187. The van der Waals surface area contributed by atoms with Crippen LogP contribution in [0.25, 0.3) is 20.4 Å². The fraction of sp³-hybridized carbons (Fsp3) is 0.130. The Kier molecular flexibility index (Phi) is 5.63. The summed E-state index contributed by atoms with van der Waals surface area (Å²) in [6, 6.07) is 20.8. The Morgan fingerprint density at radius 2 is 1.30 bits per heavy atom. The summed E-state index contributed by atoms with van der Waals surface area (Å²) in [5.41, 5.74) is -2.43. The molecule has 33 heavy (non-hydrogen) atoms. The molecule has 0 amide bonds. The van der Waals surface area contributed by atoms with Gasteiger partial charge in [0, 0.05) is 5.56 Å². The van der Waals surface area contributed by atoms with E-state index in [4.69, 9.17) is 19.8 Å². The summed E-state index contributed by atoms with van der Waals surface area (Å²) in [6.07, 6.45) is 0.460. The minimum atomic E-state index is -5.61. The van der Waals surface area contributed by atoms with Crippen LogP contribution in [0.2, 0.25) is 0 Å². The quantitative estimate of drug-likeness (QED) is 0.259. The molecular formula is C23H17F2N2O3PS2. The first-order valence-electron chi connectivity index (χ1n) is 9.96. The summed E-state index contributed by atoms with van der Waals surface area (Å²) in [6.45, 7) is 0. The van der Waals surface area contributed by atoms with E-state index < -0.39 is 18.8 Å². The van der Waals surface area contributed by atoms with Gasteiger partial charge in [-0.15, -0.1) is 22.7 Å². The normalized spacial score (nSPS) is 12.8. The molecule has 0 unspecified atom stereocenters. The zero-order valence-corrected chi connectivity index (χ0v) is 19.5. The number of aromatic nitrogens is 2. The predicted octanol–water partition coefficient (Wildman–Crippen LogP) is 6.51. The van der Waals surface area contributed by atoms with Crippen molar-refractivity contribution in [1.29, 1.82) is 0 Å². The van der Waals surface area contributed by atoms with Crippen molar-refractivity contribution in [2.45, 2.75) is 18.0 Å². The molecule has 0 aliphatic rings. The van der Waals surface area contributed by atoms with E-state index in [2.05, 4.69) is 0 Å². The molecule has 5 rings (SSSR count). The molecule has 2 aromatic heterocycles. The van der Waals surface area contributed by atoms with E-state index in [0.29, 0.717) is 6.42 Å². The van der Waals surface area contributed by atoms with Crippen LogP contribution in [-0.4, -0.2) is 19.8 Å². The van der Waals surface area contributed by atoms with Crippen LogP contribution >= 0.6 is 30.3 Å². The van der Waals surface area contributed by atoms with Gasteiger partial charge in [-0.3, -0.25) is 4.57 Å². The van der Waals surface area contributed by atoms with Gasteiger partial charge in [0.15, 0.2) is 0 Å². The monoisotopic (exact) mass is 502 g/mol. The summed E-state index contributed by atoms with van der Waals surface area (Å²) >= 11 is 3.15. The van der Waals surface area contributed by atoms with Gasteiger partial charge in [-0.1, -0.05) is 48.5 Å². The first-order valence-corrected chi connectivity index (χ1v) is 13.2. The second kappa shape index (κ2) is 8.34. The molecule has 0 saturated carbocycles. The molecular weight excluding hydrogens is 485 g/mol. The van der Waals surface area contributed by atoms with Crippen molar-refractivity contribution in [3.8, 4) is 0 Å². The van der Waals surface area contributed by atoms with E-state index in [9.17, 15) is 13.3 Å². The lowest BCUT2D eigenvalue weighted by atomic mass is 9.99. The van der Waals surface area contributed by atoms with Crippen LogP contribution in [0.3, 0.4) is 0 Å². The number of hydrogen-bond donors (Lipinski definition) is 2. The SMILES string of the molecule is O=P(O)(O)C(F)(F)c1ccc(CC(c2nc3ccccc3s2)c2nc3ccccc3s2)cc1. The molecule has 0 aliphatic heterocycles. The van der Waals surface area contributed by atoms with Crippen molar-refractivity contribution in [2.24, 2.45) is 0 Å². The van der Waals surface area contributed by atoms with E-state index >= 15 is 0 Å². The van der Waals surface area contributed by atoms with Gasteiger partial charge < -0.3 is 9.79 Å². The molecule has 2 N–H and O–H groups in total. The van der Waals surface area contributed by atoms with Crippen LogP contribution in [-0.2, 0) is 16.6 Å². The van der Waals surface area contributed by atoms with E-state index in [1.54, 1.807) is 22.7 Å². The molecule has 0 spiro atoms. The molecule has 2 heterocycles. The minimum Gasteiger partial charge on any atom is -0.320 e. The third-order valence-corrected chi connectivity index (χ3v) is 8.61. The van der Waals surface area contributed by atoms with Crippen molar-refractivity contribution in [1.82, 2.24) is 9.97 Å². The van der Waals surface area contributed by atoms with Gasteiger partial charge in [0.25, 0.3) is 0 Å². The Bertz CT molecular complexity index is 1350. The number of thiazole rings is 2. The van der Waals surface area contributed by atoms with Crippen molar-refractivity contribution < 1.29 is 23.1 Å². The summed E-state index contributed by atoms with van der Waals surface area (Å²) in [5, 5.41) is 1.75. The molecule has 0 saturated heterocycles. The second-order valence-electron chi connectivity index (χ2n) is 7.58. The van der Waals surface area contributed by atoms with Crippen LogP contribution in [0.5, 0.6) is 0 Å². The van der Waals surface area contributed by atoms with Crippen LogP contribution in [0.4, 0.5) is 8.78 Å². The Labute approximate surface area is 195 Å². The highest BCUT2D eigenvalue weighted by molar-refractivity contribution is 7.52. The number of fused-ring (bicyclic) bond motifs is 2. The van der Waals surface area contributed by atoms with Gasteiger partial charge in [-0.2, -0.15) is 8.78 Å². The Hall–Kier alpha value is -2.55. The van der Waals surface area contributed by atoms with Crippen LogP contribution in [0.1, 0.15) is 27.1 Å². The number of benzene rings is 3. The highest BCUT2D eigenvalue weighted by Gasteiger charge is 2.50. The molecule has 5 aromatic rings. The number of nitrogens with zero attached hydrogens (tertiary/aromatic N) is 2. The summed E-state index contributed by atoms with van der Waals surface area (Å²) in [7, 11) is -5.61. The van der Waals surface area contributed by atoms with Crippen LogP contribution in [0.15, 0.2) is 72.8 Å². The Morgan fingerprint density at radius 3 is 1.76 bits per heavy atom. The van der Waals surface area contributed by atoms with Crippen LogP contribution in [0, 0.1) is 0 Å². The zero-order valence-electron chi connectivity index (χ0n) is 16.9. The van der Waals surface area contributed by atoms with Crippen molar-refractivity contribution in [2.75, 3.05) is 0 Å². The summed E-state index contributed by atoms with van der Waals surface area (Å²) in [4.78, 5) is 27.6. The van der Waals surface area contributed by atoms with Gasteiger partial charge in [0.05, 0.1) is 26.4 Å². The van der Waals surface area contributed by atoms with E-state index in [-0.39, 0.29) is 5.92 Å². The second-order valence-corrected chi connectivity index (χ2v) is 11.4. The Balaban J connectivity index is 1.54. The smallest absolute Gasteiger partial charge is 0.320 e. The maximum atomic E-state index is 14.0. The number of alkyl halides is 2. The number of hydrogen-bond acceptors (Lipinski definition) is 5. The average molecular weight is 503 g/mol. The lowest BCUT2D eigenvalue weighted by Crippen LogP contribution is -2.13. The molecule has 5 nitrogen and oxygen atoms in total. The number of para-hydroxylation sites is 2. The highest BCUT2D eigenvalue weighted by atomic mass is 32.1. The molecule has 3 aromatic carbocycles. The largest absolute Gasteiger partial charge is 0.399 e. The fourth-order valence-corrected chi connectivity index (χ4v) is 6.31. The molecule has 0 aliphatic carbocycles. The molecule has 0 atom stereocenters. The van der Waals surface area contributed by atoms with Crippen molar-refractivity contribution >= 4 is 50.7 Å². The zero-order chi connectivity index (χ0) is 23.2. The van der Waals surface area contributed by atoms with Crippen molar-refractivity contribution in [3.63, 3.8) is 0 Å². The molecule has 0 radical (unpaired) electrons. The van der Waals surface area contributed by atoms with Gasteiger partial charge in [-0.05, 0) is 36.2 Å². The van der Waals surface area contributed by atoms with Gasteiger partial charge in [0.2, 0.25) is 0 Å². The number of rotatable bonds is 6. The molecule has 0 bridgehead atoms. The lowest BCUT2D eigenvalue weighted by molar-refractivity contribution is 0.0564. The van der Waals surface area contributed by atoms with Gasteiger partial charge in [0.1, 0.15) is 10.0 Å².